The molecule has 0 spiro atoms. The summed E-state index contributed by atoms with van der Waals surface area (Å²) in [5, 5.41) is 7.62. The molecule has 126 valence electrons. The van der Waals surface area contributed by atoms with Gasteiger partial charge in [-0.25, -0.2) is 4.79 Å². The fourth-order valence-electron chi connectivity index (χ4n) is 2.21. The summed E-state index contributed by atoms with van der Waals surface area (Å²) in [5.41, 5.74) is 0.705. The first-order valence-corrected chi connectivity index (χ1v) is 7.93. The van der Waals surface area contributed by atoms with Gasteiger partial charge in [-0.2, -0.15) is 5.10 Å². The zero-order chi connectivity index (χ0) is 16.8. The number of carbonyl (C=O) groups is 1. The normalized spacial score (nSPS) is 13.0. The lowest BCUT2D eigenvalue weighted by atomic mass is 10.2. The lowest BCUT2D eigenvalue weighted by molar-refractivity contribution is 0.0258. The van der Waals surface area contributed by atoms with E-state index in [2.05, 4.69) is 17.3 Å². The van der Waals surface area contributed by atoms with Crippen LogP contribution in [0.15, 0.2) is 12.3 Å². The van der Waals surface area contributed by atoms with Crippen LogP contribution in [0.2, 0.25) is 0 Å². The maximum Gasteiger partial charge on any atom is 0.410 e. The van der Waals surface area contributed by atoms with Crippen molar-refractivity contribution in [1.82, 2.24) is 20.0 Å². The lowest BCUT2D eigenvalue weighted by Crippen LogP contribution is -2.38. The van der Waals surface area contributed by atoms with Crippen LogP contribution in [-0.4, -0.2) is 46.0 Å². The number of hydrogen-bond acceptors (Lipinski definition) is 4. The minimum atomic E-state index is -0.448. The van der Waals surface area contributed by atoms with E-state index in [1.54, 1.807) is 11.1 Å². The van der Waals surface area contributed by atoms with Crippen molar-refractivity contribution in [2.75, 3.05) is 19.6 Å². The topological polar surface area (TPSA) is 59.4 Å². The van der Waals surface area contributed by atoms with Crippen LogP contribution < -0.4 is 5.32 Å². The number of carbonyl (C=O) groups excluding carboxylic acids is 1. The molecule has 0 bridgehead atoms. The second-order valence-electron chi connectivity index (χ2n) is 6.47. The van der Waals surface area contributed by atoms with Crippen molar-refractivity contribution in [2.24, 2.45) is 7.05 Å². The molecule has 1 unspecified atom stereocenters. The minimum Gasteiger partial charge on any atom is -0.444 e. The summed E-state index contributed by atoms with van der Waals surface area (Å²) in [6, 6.07) is 2.25. The van der Waals surface area contributed by atoms with E-state index in [0.717, 1.165) is 18.7 Å². The third-order valence-corrected chi connectivity index (χ3v) is 3.39. The fraction of sp³-hybridized carbons (Fsp3) is 0.750. The number of aromatic nitrogens is 2. The molecule has 1 atom stereocenters. The molecule has 0 aromatic carbocycles. The third kappa shape index (κ3) is 6.05. The number of rotatable bonds is 7. The molecule has 1 rings (SSSR count). The van der Waals surface area contributed by atoms with Crippen LogP contribution in [0.5, 0.6) is 0 Å². The molecule has 1 aromatic heterocycles. The Bertz CT molecular complexity index is 465. The second kappa shape index (κ2) is 8.17. The molecular weight excluding hydrogens is 280 g/mol. The molecule has 0 saturated heterocycles. The Morgan fingerprint density at radius 1 is 1.50 bits per heavy atom. The molecule has 0 aliphatic carbocycles. The van der Waals surface area contributed by atoms with Crippen molar-refractivity contribution >= 4 is 6.09 Å². The van der Waals surface area contributed by atoms with Crippen LogP contribution in [0, 0.1) is 0 Å². The Morgan fingerprint density at radius 2 is 2.18 bits per heavy atom. The zero-order valence-corrected chi connectivity index (χ0v) is 14.7. The molecule has 22 heavy (non-hydrogen) atoms. The molecule has 0 saturated carbocycles. The van der Waals surface area contributed by atoms with Gasteiger partial charge in [0.2, 0.25) is 0 Å². The molecule has 6 heteroatoms. The van der Waals surface area contributed by atoms with E-state index in [4.69, 9.17) is 4.74 Å². The van der Waals surface area contributed by atoms with Gasteiger partial charge in [0.1, 0.15) is 5.60 Å². The lowest BCUT2D eigenvalue weighted by Gasteiger charge is -2.26. The molecule has 0 aliphatic heterocycles. The highest BCUT2D eigenvalue weighted by Gasteiger charge is 2.20. The van der Waals surface area contributed by atoms with Crippen LogP contribution in [0.3, 0.4) is 0 Å². The Labute approximate surface area is 133 Å². The molecule has 6 nitrogen and oxygen atoms in total. The molecule has 0 radical (unpaired) electrons. The SMILES string of the molecule is CCN(CCCNC(C)c1ccnn1C)C(=O)OC(C)(C)C. The highest BCUT2D eigenvalue weighted by molar-refractivity contribution is 5.68. The molecule has 1 aromatic rings. The number of aryl methyl sites for hydroxylation is 1. The van der Waals surface area contributed by atoms with Crippen LogP contribution in [0.4, 0.5) is 4.79 Å². The van der Waals surface area contributed by atoms with Crippen molar-refractivity contribution in [1.29, 1.82) is 0 Å². The molecular formula is C16H30N4O2. The van der Waals surface area contributed by atoms with E-state index in [-0.39, 0.29) is 12.1 Å². The summed E-state index contributed by atoms with van der Waals surface area (Å²) in [6.07, 6.45) is 2.44. The Balaban J connectivity index is 2.33. The number of nitrogens with zero attached hydrogens (tertiary/aromatic N) is 3. The first-order chi connectivity index (χ1) is 10.2. The highest BCUT2D eigenvalue weighted by Crippen LogP contribution is 2.11. The summed E-state index contributed by atoms with van der Waals surface area (Å²) < 4.78 is 7.27. The number of hydrogen-bond donors (Lipinski definition) is 1. The van der Waals surface area contributed by atoms with E-state index in [9.17, 15) is 4.79 Å². The fourth-order valence-corrected chi connectivity index (χ4v) is 2.21. The summed E-state index contributed by atoms with van der Waals surface area (Å²) >= 11 is 0. The molecule has 1 amide bonds. The Morgan fingerprint density at radius 3 is 2.68 bits per heavy atom. The Hall–Kier alpha value is -1.56. The molecule has 1 heterocycles. The smallest absolute Gasteiger partial charge is 0.410 e. The minimum absolute atomic E-state index is 0.240. The van der Waals surface area contributed by atoms with Crippen LogP contribution in [-0.2, 0) is 11.8 Å². The van der Waals surface area contributed by atoms with Gasteiger partial charge in [0.05, 0.1) is 5.69 Å². The predicted octanol–water partition coefficient (Wildman–Crippen LogP) is 2.72. The Kier molecular flexibility index (Phi) is 6.87. The summed E-state index contributed by atoms with van der Waals surface area (Å²) in [7, 11) is 1.94. The van der Waals surface area contributed by atoms with E-state index >= 15 is 0 Å². The summed E-state index contributed by atoms with van der Waals surface area (Å²) in [5.74, 6) is 0. The van der Waals surface area contributed by atoms with Gasteiger partial charge in [-0.1, -0.05) is 0 Å². The van der Waals surface area contributed by atoms with Crippen LogP contribution >= 0.6 is 0 Å². The van der Waals surface area contributed by atoms with Gasteiger partial charge in [-0.15, -0.1) is 0 Å². The predicted molar refractivity (Wildman–Crippen MR) is 87.7 cm³/mol. The van der Waals surface area contributed by atoms with Gasteiger partial charge >= 0.3 is 6.09 Å². The summed E-state index contributed by atoms with van der Waals surface area (Å²) in [4.78, 5) is 13.8. The molecule has 1 N–H and O–H groups in total. The van der Waals surface area contributed by atoms with E-state index < -0.39 is 5.60 Å². The van der Waals surface area contributed by atoms with E-state index in [0.29, 0.717) is 13.1 Å². The second-order valence-corrected chi connectivity index (χ2v) is 6.47. The van der Waals surface area contributed by atoms with Crippen molar-refractivity contribution in [3.63, 3.8) is 0 Å². The molecule has 0 fully saturated rings. The maximum atomic E-state index is 12.0. The van der Waals surface area contributed by atoms with Gasteiger partial charge in [0.15, 0.2) is 0 Å². The van der Waals surface area contributed by atoms with Crippen molar-refractivity contribution in [2.45, 2.75) is 52.7 Å². The number of ether oxygens (including phenoxy) is 1. The monoisotopic (exact) mass is 310 g/mol. The summed E-state index contributed by atoms with van der Waals surface area (Å²) in [6.45, 7) is 11.9. The standard InChI is InChI=1S/C16H30N4O2/c1-7-20(15(21)22-16(3,4)5)12-8-10-17-13(2)14-9-11-18-19(14)6/h9,11,13,17H,7-8,10,12H2,1-6H3. The van der Waals surface area contributed by atoms with Gasteiger partial charge < -0.3 is 15.0 Å². The van der Waals surface area contributed by atoms with Gasteiger partial charge in [0, 0.05) is 32.4 Å². The quantitative estimate of drug-likeness (QED) is 0.787. The first kappa shape index (κ1) is 18.5. The molecule has 0 aliphatic rings. The van der Waals surface area contributed by atoms with Crippen LogP contribution in [0.25, 0.3) is 0 Å². The largest absolute Gasteiger partial charge is 0.444 e. The van der Waals surface area contributed by atoms with E-state index in [1.807, 2.05) is 45.5 Å². The average molecular weight is 310 g/mol. The highest BCUT2D eigenvalue weighted by atomic mass is 16.6. The third-order valence-electron chi connectivity index (χ3n) is 3.39. The van der Waals surface area contributed by atoms with Gasteiger partial charge in [0.25, 0.3) is 0 Å². The zero-order valence-electron chi connectivity index (χ0n) is 14.7. The maximum absolute atomic E-state index is 12.0. The number of nitrogens with one attached hydrogen (secondary N) is 1. The number of amides is 1. The van der Waals surface area contributed by atoms with Crippen LogP contribution in [0.1, 0.15) is 52.8 Å². The van der Waals surface area contributed by atoms with E-state index in [1.165, 1.54) is 0 Å². The first-order valence-electron chi connectivity index (χ1n) is 7.93. The van der Waals surface area contributed by atoms with Gasteiger partial charge in [-0.3, -0.25) is 4.68 Å². The van der Waals surface area contributed by atoms with Crippen molar-refractivity contribution in [3.05, 3.63) is 18.0 Å². The van der Waals surface area contributed by atoms with Gasteiger partial charge in [-0.05, 0) is 53.7 Å². The van der Waals surface area contributed by atoms with Crippen molar-refractivity contribution < 1.29 is 9.53 Å². The average Bonchev–Trinajstić information content (AvgIpc) is 2.82. The van der Waals surface area contributed by atoms with Crippen molar-refractivity contribution in [3.8, 4) is 0 Å².